The summed E-state index contributed by atoms with van der Waals surface area (Å²) in [4.78, 5) is 25.4. The Morgan fingerprint density at radius 2 is 1.81 bits per heavy atom. The van der Waals surface area contributed by atoms with Crippen LogP contribution in [0, 0.1) is 0 Å². The predicted octanol–water partition coefficient (Wildman–Crippen LogP) is 4.79. The van der Waals surface area contributed by atoms with Crippen LogP contribution in [0.1, 0.15) is 18.4 Å². The number of halogens is 5. The largest absolute Gasteiger partial charge is 0.465 e. The van der Waals surface area contributed by atoms with E-state index in [2.05, 4.69) is 6.58 Å². The summed E-state index contributed by atoms with van der Waals surface area (Å²) in [5.74, 6) is -1.19. The van der Waals surface area contributed by atoms with Crippen LogP contribution in [-0.2, 0) is 10.3 Å². The number of amides is 2. The highest BCUT2D eigenvalue weighted by Gasteiger charge is 2.42. The fourth-order valence-corrected chi connectivity index (χ4v) is 3.00. The molecule has 0 heterocycles. The number of carbonyl (C=O) groups excluding carboxylic acids is 1. The lowest BCUT2D eigenvalue weighted by molar-refractivity contribution is -0.161. The summed E-state index contributed by atoms with van der Waals surface area (Å²) < 4.78 is 37.7. The third-order valence-electron chi connectivity index (χ3n) is 4.14. The molecule has 0 bridgehead atoms. The molecular formula is C17H19Cl2F3N2O3. The molecule has 0 aliphatic carbocycles. The number of nitrogens with zero attached hydrogens (tertiary/aromatic N) is 2. The number of likely N-dealkylation sites (N-methyl/N-ethyl adjacent to an activating group) is 2. The maximum absolute atomic E-state index is 12.6. The number of alkyl halides is 3. The van der Waals surface area contributed by atoms with Crippen LogP contribution in [0.5, 0.6) is 0 Å². The van der Waals surface area contributed by atoms with Gasteiger partial charge in [-0.05, 0) is 24.1 Å². The number of benzene rings is 1. The van der Waals surface area contributed by atoms with Crippen LogP contribution in [0.2, 0.25) is 10.0 Å². The minimum absolute atomic E-state index is 0.0252. The fourth-order valence-electron chi connectivity index (χ4n) is 2.70. The van der Waals surface area contributed by atoms with Crippen molar-refractivity contribution in [3.63, 3.8) is 0 Å². The minimum atomic E-state index is -4.67. The Labute approximate surface area is 164 Å². The molecule has 150 valence electrons. The molecule has 0 fully saturated rings. The number of hydrogen-bond acceptors (Lipinski definition) is 2. The number of rotatable bonds is 7. The average Bonchev–Trinajstić information content (AvgIpc) is 2.54. The van der Waals surface area contributed by atoms with Gasteiger partial charge in [-0.25, -0.2) is 4.79 Å². The molecular weight excluding hydrogens is 408 g/mol. The summed E-state index contributed by atoms with van der Waals surface area (Å²) in [7, 11) is 2.44. The molecule has 27 heavy (non-hydrogen) atoms. The maximum atomic E-state index is 12.6. The monoisotopic (exact) mass is 426 g/mol. The first-order chi connectivity index (χ1) is 12.3. The van der Waals surface area contributed by atoms with E-state index in [0.717, 1.165) is 9.80 Å². The first-order valence-corrected chi connectivity index (χ1v) is 8.43. The van der Waals surface area contributed by atoms with Gasteiger partial charge in [-0.2, -0.15) is 13.2 Å². The van der Waals surface area contributed by atoms with Crippen molar-refractivity contribution in [3.05, 3.63) is 46.5 Å². The Bertz CT molecular complexity index is 728. The third-order valence-corrected chi connectivity index (χ3v) is 4.88. The summed E-state index contributed by atoms with van der Waals surface area (Å²) in [6.45, 7) is 3.26. The second kappa shape index (κ2) is 8.84. The zero-order valence-corrected chi connectivity index (χ0v) is 16.2. The van der Waals surface area contributed by atoms with Gasteiger partial charge < -0.3 is 10.0 Å². The lowest BCUT2D eigenvalue weighted by Gasteiger charge is -2.43. The molecule has 2 amide bonds. The molecule has 0 saturated heterocycles. The van der Waals surface area contributed by atoms with Crippen molar-refractivity contribution >= 4 is 35.2 Å². The van der Waals surface area contributed by atoms with E-state index in [1.54, 1.807) is 0 Å². The van der Waals surface area contributed by atoms with Crippen LogP contribution in [0.15, 0.2) is 30.9 Å². The molecule has 0 unspecified atom stereocenters. The van der Waals surface area contributed by atoms with Gasteiger partial charge in [-0.15, -0.1) is 6.58 Å². The minimum Gasteiger partial charge on any atom is -0.465 e. The van der Waals surface area contributed by atoms with Crippen LogP contribution in [0.3, 0.4) is 0 Å². The van der Waals surface area contributed by atoms with Crippen molar-refractivity contribution in [2.45, 2.75) is 24.6 Å². The Balaban J connectivity index is 3.43. The Kier molecular flexibility index (Phi) is 7.57. The molecule has 1 aromatic carbocycles. The van der Waals surface area contributed by atoms with Crippen molar-refractivity contribution in [2.75, 3.05) is 20.6 Å². The summed E-state index contributed by atoms with van der Waals surface area (Å²) in [6.07, 6.45) is -6.21. The zero-order chi connectivity index (χ0) is 21.0. The maximum Gasteiger partial charge on any atom is 0.407 e. The molecule has 1 rings (SSSR count). The van der Waals surface area contributed by atoms with E-state index in [4.69, 9.17) is 23.2 Å². The average molecular weight is 427 g/mol. The topological polar surface area (TPSA) is 60.9 Å². The molecule has 5 nitrogen and oxygen atoms in total. The highest BCUT2D eigenvalue weighted by molar-refractivity contribution is 6.42. The van der Waals surface area contributed by atoms with E-state index >= 15 is 0 Å². The second-order valence-corrected chi connectivity index (χ2v) is 6.85. The van der Waals surface area contributed by atoms with Gasteiger partial charge >= 0.3 is 12.3 Å². The molecule has 0 radical (unpaired) electrons. The number of carboxylic acid groups (broad SMARTS) is 1. The quantitative estimate of drug-likeness (QED) is 0.637. The highest BCUT2D eigenvalue weighted by Crippen LogP contribution is 2.36. The third kappa shape index (κ3) is 5.77. The normalized spacial score (nSPS) is 13.6. The predicted molar refractivity (Wildman–Crippen MR) is 97.1 cm³/mol. The first-order valence-electron chi connectivity index (χ1n) is 7.68. The standard InChI is InChI=1S/C17H19Cl2F3N2O3/c1-4-7-16(24(3)15(26)27,11-5-6-12(18)13(19)8-11)10-23(2)14(25)9-17(20,21)22/h4-6,8H,1,7,9-10H2,2-3H3,(H,26,27)/t16-/m1/s1. The molecule has 10 heteroatoms. The van der Waals surface area contributed by atoms with Crippen molar-refractivity contribution in [1.82, 2.24) is 9.80 Å². The fraction of sp³-hybridized carbons (Fsp3) is 0.412. The molecule has 0 spiro atoms. The number of hydrogen-bond donors (Lipinski definition) is 1. The van der Waals surface area contributed by atoms with Gasteiger partial charge in [0.2, 0.25) is 5.91 Å². The highest BCUT2D eigenvalue weighted by atomic mass is 35.5. The van der Waals surface area contributed by atoms with Gasteiger partial charge in [0.1, 0.15) is 6.42 Å². The van der Waals surface area contributed by atoms with Crippen LogP contribution in [0.4, 0.5) is 18.0 Å². The van der Waals surface area contributed by atoms with Crippen LogP contribution >= 0.6 is 23.2 Å². The Hall–Kier alpha value is -1.93. The van der Waals surface area contributed by atoms with Crippen molar-refractivity contribution in [3.8, 4) is 0 Å². The van der Waals surface area contributed by atoms with Crippen molar-refractivity contribution in [2.24, 2.45) is 0 Å². The zero-order valence-electron chi connectivity index (χ0n) is 14.7. The van der Waals surface area contributed by atoms with E-state index < -0.39 is 30.1 Å². The van der Waals surface area contributed by atoms with Gasteiger partial charge in [-0.3, -0.25) is 9.69 Å². The SMILES string of the molecule is C=CC[C@@](CN(C)C(=O)CC(F)(F)F)(c1ccc(Cl)c(Cl)c1)N(C)C(=O)O. The van der Waals surface area contributed by atoms with Crippen molar-refractivity contribution < 1.29 is 27.9 Å². The van der Waals surface area contributed by atoms with E-state index in [9.17, 15) is 27.9 Å². The van der Waals surface area contributed by atoms with Gasteiger partial charge in [-0.1, -0.05) is 35.3 Å². The van der Waals surface area contributed by atoms with Crippen LogP contribution in [0.25, 0.3) is 0 Å². The summed E-state index contributed by atoms with van der Waals surface area (Å²) in [6, 6.07) is 4.39. The molecule has 0 aliphatic heterocycles. The van der Waals surface area contributed by atoms with Gasteiger partial charge in [0, 0.05) is 20.6 Å². The van der Waals surface area contributed by atoms with Gasteiger partial charge in [0.25, 0.3) is 0 Å². The molecule has 1 atom stereocenters. The first kappa shape index (κ1) is 23.1. The summed E-state index contributed by atoms with van der Waals surface area (Å²) in [5.41, 5.74) is -1.04. The molecule has 0 saturated carbocycles. The van der Waals surface area contributed by atoms with Gasteiger partial charge in [0.15, 0.2) is 0 Å². The van der Waals surface area contributed by atoms with Gasteiger partial charge in [0.05, 0.1) is 15.6 Å². The van der Waals surface area contributed by atoms with E-state index in [0.29, 0.717) is 5.56 Å². The Morgan fingerprint density at radius 1 is 1.22 bits per heavy atom. The lowest BCUT2D eigenvalue weighted by atomic mass is 9.84. The molecule has 0 aromatic heterocycles. The second-order valence-electron chi connectivity index (χ2n) is 6.04. The summed E-state index contributed by atoms with van der Waals surface area (Å²) in [5, 5.41) is 9.89. The molecule has 1 aromatic rings. The summed E-state index contributed by atoms with van der Waals surface area (Å²) >= 11 is 11.9. The van der Waals surface area contributed by atoms with E-state index in [-0.39, 0.29) is 23.0 Å². The van der Waals surface area contributed by atoms with E-state index in [1.165, 1.54) is 38.4 Å². The number of carbonyl (C=O) groups is 2. The molecule has 0 aliphatic rings. The Morgan fingerprint density at radius 3 is 2.26 bits per heavy atom. The smallest absolute Gasteiger partial charge is 0.407 e. The van der Waals surface area contributed by atoms with E-state index in [1.807, 2.05) is 0 Å². The van der Waals surface area contributed by atoms with Crippen LogP contribution < -0.4 is 0 Å². The van der Waals surface area contributed by atoms with Crippen LogP contribution in [-0.4, -0.2) is 53.7 Å². The van der Waals surface area contributed by atoms with Crippen molar-refractivity contribution in [1.29, 1.82) is 0 Å². The molecule has 1 N–H and O–H groups in total. The lowest BCUT2D eigenvalue weighted by Crippen LogP contribution is -2.54.